The zero-order chi connectivity index (χ0) is 26.0. The van der Waals surface area contributed by atoms with E-state index in [0.29, 0.717) is 5.56 Å². The van der Waals surface area contributed by atoms with Gasteiger partial charge in [-0.05, 0) is 29.2 Å². The average Bonchev–Trinajstić information content (AvgIpc) is 2.83. The van der Waals surface area contributed by atoms with Crippen LogP contribution in [0.1, 0.15) is 25.0 Å². The fraction of sp³-hybridized carbons (Fsp3) is 0.360. The fourth-order valence-corrected chi connectivity index (χ4v) is 3.43. The van der Waals surface area contributed by atoms with Gasteiger partial charge in [0, 0.05) is 12.8 Å². The average molecular weight is 485 g/mol. The summed E-state index contributed by atoms with van der Waals surface area (Å²) in [6.07, 6.45) is 0.0914. The van der Waals surface area contributed by atoms with Crippen LogP contribution in [0.25, 0.3) is 0 Å². The van der Waals surface area contributed by atoms with Crippen molar-refractivity contribution in [3.05, 3.63) is 65.7 Å². The van der Waals surface area contributed by atoms with Crippen molar-refractivity contribution >= 4 is 23.7 Å². The lowest BCUT2D eigenvalue weighted by Crippen LogP contribution is -2.58. The first-order valence-electron chi connectivity index (χ1n) is 11.3. The molecule has 0 saturated heterocycles. The lowest BCUT2D eigenvalue weighted by Gasteiger charge is -2.26. The van der Waals surface area contributed by atoms with Crippen LogP contribution in [-0.4, -0.2) is 58.6 Å². The predicted molar refractivity (Wildman–Crippen MR) is 129 cm³/mol. The van der Waals surface area contributed by atoms with Gasteiger partial charge < -0.3 is 31.9 Å². The van der Waals surface area contributed by atoms with Gasteiger partial charge in [0.05, 0.1) is 6.54 Å². The third-order valence-corrected chi connectivity index (χ3v) is 5.36. The first kappa shape index (κ1) is 27.3. The van der Waals surface area contributed by atoms with Gasteiger partial charge >= 0.3 is 5.97 Å². The van der Waals surface area contributed by atoms with Crippen molar-refractivity contribution in [1.82, 2.24) is 16.0 Å². The van der Waals surface area contributed by atoms with Crippen LogP contribution in [0.5, 0.6) is 5.75 Å². The van der Waals surface area contributed by atoms with E-state index >= 15 is 0 Å². The second-order valence-corrected chi connectivity index (χ2v) is 8.51. The maximum atomic E-state index is 13.2. The van der Waals surface area contributed by atoms with Gasteiger partial charge in [-0.3, -0.25) is 14.4 Å². The lowest BCUT2D eigenvalue weighted by atomic mass is 10.00. The molecule has 0 aliphatic carbocycles. The number of hydrogen-bond acceptors (Lipinski definition) is 6. The van der Waals surface area contributed by atoms with Crippen molar-refractivity contribution in [1.29, 1.82) is 0 Å². The Balaban J connectivity index is 2.23. The highest BCUT2D eigenvalue weighted by Gasteiger charge is 2.31. The van der Waals surface area contributed by atoms with Crippen LogP contribution in [-0.2, 0) is 32.0 Å². The van der Waals surface area contributed by atoms with E-state index in [0.717, 1.165) is 5.56 Å². The molecule has 7 N–H and O–H groups in total. The molecule has 2 aromatic carbocycles. The second kappa shape index (κ2) is 13.1. The number of phenolic OH excluding ortho intramolecular Hbond substituents is 1. The Morgan fingerprint density at radius 1 is 0.800 bits per heavy atom. The molecule has 2 rings (SSSR count). The van der Waals surface area contributed by atoms with E-state index < -0.39 is 41.8 Å². The van der Waals surface area contributed by atoms with Gasteiger partial charge in [-0.1, -0.05) is 56.3 Å². The highest BCUT2D eigenvalue weighted by Crippen LogP contribution is 2.12. The minimum absolute atomic E-state index is 0.0193. The molecule has 10 heteroatoms. The van der Waals surface area contributed by atoms with Gasteiger partial charge in [-0.15, -0.1) is 0 Å². The molecule has 0 aromatic heterocycles. The molecule has 0 heterocycles. The molecule has 3 amide bonds. The first-order valence-corrected chi connectivity index (χ1v) is 11.3. The lowest BCUT2D eigenvalue weighted by molar-refractivity contribution is -0.142. The fourth-order valence-electron chi connectivity index (χ4n) is 3.43. The Hall–Kier alpha value is -3.92. The number of amides is 3. The molecule has 0 fully saturated rings. The topological polar surface area (TPSA) is 171 Å². The Morgan fingerprint density at radius 3 is 1.89 bits per heavy atom. The quantitative estimate of drug-likeness (QED) is 0.252. The van der Waals surface area contributed by atoms with Gasteiger partial charge in [0.25, 0.3) is 0 Å². The zero-order valence-corrected chi connectivity index (χ0v) is 19.7. The number of carboxylic acid groups (broad SMARTS) is 1. The van der Waals surface area contributed by atoms with E-state index in [4.69, 9.17) is 5.73 Å². The summed E-state index contributed by atoms with van der Waals surface area (Å²) in [4.78, 5) is 49.8. The van der Waals surface area contributed by atoms with E-state index in [1.165, 1.54) is 12.1 Å². The van der Waals surface area contributed by atoms with Gasteiger partial charge in [0.1, 0.15) is 23.9 Å². The molecule has 3 atom stereocenters. The number of aliphatic carboxylic acids is 1. The number of carbonyl (C=O) groups is 4. The van der Waals surface area contributed by atoms with Crippen LogP contribution in [0.2, 0.25) is 0 Å². The summed E-state index contributed by atoms with van der Waals surface area (Å²) in [6.45, 7) is 3.19. The zero-order valence-electron chi connectivity index (χ0n) is 19.7. The van der Waals surface area contributed by atoms with Gasteiger partial charge in [-0.25, -0.2) is 4.79 Å². The van der Waals surface area contributed by atoms with Crippen molar-refractivity contribution in [2.75, 3.05) is 6.54 Å². The summed E-state index contributed by atoms with van der Waals surface area (Å²) < 4.78 is 0. The highest BCUT2D eigenvalue weighted by molar-refractivity contribution is 5.94. The summed E-state index contributed by atoms with van der Waals surface area (Å²) in [5.41, 5.74) is 6.71. The number of phenols is 1. The summed E-state index contributed by atoms with van der Waals surface area (Å²) in [5.74, 6) is -3.26. The van der Waals surface area contributed by atoms with Crippen molar-refractivity contribution in [2.24, 2.45) is 11.7 Å². The van der Waals surface area contributed by atoms with Crippen LogP contribution in [0, 0.1) is 5.92 Å². The molecule has 3 unspecified atom stereocenters. The van der Waals surface area contributed by atoms with Crippen molar-refractivity contribution in [3.63, 3.8) is 0 Å². The van der Waals surface area contributed by atoms with E-state index in [1.807, 2.05) is 6.07 Å². The molecule has 0 radical (unpaired) electrons. The SMILES string of the molecule is CC(C)C(NC(=O)CN)C(=O)NC(Cc1ccccc1)C(=O)NC(Cc1ccc(O)cc1)C(=O)O. The molecular weight excluding hydrogens is 452 g/mol. The monoisotopic (exact) mass is 484 g/mol. The van der Waals surface area contributed by atoms with Crippen LogP contribution in [0.15, 0.2) is 54.6 Å². The number of carboxylic acids is 1. The number of aromatic hydroxyl groups is 1. The molecule has 35 heavy (non-hydrogen) atoms. The molecule has 188 valence electrons. The molecule has 2 aromatic rings. The molecule has 10 nitrogen and oxygen atoms in total. The number of nitrogens with two attached hydrogens (primary N) is 1. The van der Waals surface area contributed by atoms with Crippen molar-refractivity contribution < 1.29 is 29.4 Å². The molecule has 0 aliphatic heterocycles. The summed E-state index contributed by atoms with van der Waals surface area (Å²) in [7, 11) is 0. The molecular formula is C25H32N4O6. The van der Waals surface area contributed by atoms with E-state index in [2.05, 4.69) is 16.0 Å². The number of rotatable bonds is 12. The van der Waals surface area contributed by atoms with Crippen LogP contribution in [0.4, 0.5) is 0 Å². The summed E-state index contributed by atoms with van der Waals surface area (Å²) in [5, 5.41) is 26.8. The summed E-state index contributed by atoms with van der Waals surface area (Å²) in [6, 6.07) is 11.7. The Morgan fingerprint density at radius 2 is 1.34 bits per heavy atom. The van der Waals surface area contributed by atoms with Gasteiger partial charge in [0.2, 0.25) is 17.7 Å². The van der Waals surface area contributed by atoms with Crippen molar-refractivity contribution in [2.45, 2.75) is 44.8 Å². The Kier molecular flexibility index (Phi) is 10.2. The Labute approximate surface area is 203 Å². The Bertz CT molecular complexity index is 1010. The maximum absolute atomic E-state index is 13.2. The number of hydrogen-bond donors (Lipinski definition) is 6. The van der Waals surface area contributed by atoms with Gasteiger partial charge in [-0.2, -0.15) is 0 Å². The number of carbonyl (C=O) groups excluding carboxylic acids is 3. The highest BCUT2D eigenvalue weighted by atomic mass is 16.4. The largest absolute Gasteiger partial charge is 0.508 e. The smallest absolute Gasteiger partial charge is 0.326 e. The molecule has 0 spiro atoms. The van der Waals surface area contributed by atoms with Gasteiger partial charge in [0.15, 0.2) is 0 Å². The normalized spacial score (nSPS) is 13.4. The second-order valence-electron chi connectivity index (χ2n) is 8.51. The standard InChI is InChI=1S/C25H32N4O6/c1-15(2)22(29-21(31)14-26)24(33)27-19(12-16-6-4-3-5-7-16)23(32)28-20(25(34)35)13-17-8-10-18(30)11-9-17/h3-11,15,19-20,22,30H,12-14,26H2,1-2H3,(H,27,33)(H,28,32)(H,29,31)(H,34,35). The molecule has 0 aliphatic rings. The van der Waals surface area contributed by atoms with Crippen LogP contribution in [0.3, 0.4) is 0 Å². The minimum atomic E-state index is -1.26. The number of benzene rings is 2. The van der Waals surface area contributed by atoms with E-state index in [1.54, 1.807) is 50.2 Å². The maximum Gasteiger partial charge on any atom is 0.326 e. The van der Waals surface area contributed by atoms with Crippen LogP contribution < -0.4 is 21.7 Å². The van der Waals surface area contributed by atoms with E-state index in [-0.39, 0.29) is 31.1 Å². The molecule has 0 saturated carbocycles. The first-order chi connectivity index (χ1) is 16.6. The molecule has 0 bridgehead atoms. The minimum Gasteiger partial charge on any atom is -0.508 e. The number of nitrogens with one attached hydrogen (secondary N) is 3. The van der Waals surface area contributed by atoms with Crippen LogP contribution >= 0.6 is 0 Å². The van der Waals surface area contributed by atoms with Crippen molar-refractivity contribution in [3.8, 4) is 5.75 Å². The van der Waals surface area contributed by atoms with E-state index in [9.17, 15) is 29.4 Å². The predicted octanol–water partition coefficient (Wildman–Crippen LogP) is 0.331. The third-order valence-electron chi connectivity index (χ3n) is 5.36. The summed E-state index contributed by atoms with van der Waals surface area (Å²) >= 11 is 0. The third kappa shape index (κ3) is 8.74.